The molecule has 0 aromatic heterocycles. The van der Waals surface area contributed by atoms with Crippen LogP contribution in [-0.2, 0) is 4.74 Å². The zero-order valence-electron chi connectivity index (χ0n) is 9.22. The summed E-state index contributed by atoms with van der Waals surface area (Å²) >= 11 is 0. The fourth-order valence-corrected chi connectivity index (χ4v) is 1.69. The van der Waals surface area contributed by atoms with E-state index in [9.17, 15) is 8.78 Å². The van der Waals surface area contributed by atoms with E-state index in [1.54, 1.807) is 11.9 Å². The molecule has 1 aliphatic rings. The molecule has 0 aromatic carbocycles. The van der Waals surface area contributed by atoms with E-state index < -0.39 is 6.43 Å². The number of hydrogen-bond acceptors (Lipinski definition) is 3. The second kappa shape index (κ2) is 7.09. The molecule has 1 fully saturated rings. The van der Waals surface area contributed by atoms with Crippen LogP contribution in [0.3, 0.4) is 0 Å². The summed E-state index contributed by atoms with van der Waals surface area (Å²) in [5.41, 5.74) is 0. The standard InChI is InChI=1S/C10H20F2N2O/c1-14(8-10(11)12)5-4-13-9-2-6-15-7-3-9/h9-10,13H,2-8H2,1H3. The van der Waals surface area contributed by atoms with Crippen LogP contribution in [0, 0.1) is 0 Å². The molecular formula is C10H20F2N2O. The Morgan fingerprint density at radius 2 is 2.07 bits per heavy atom. The third-order valence-corrected chi connectivity index (χ3v) is 2.60. The van der Waals surface area contributed by atoms with E-state index in [2.05, 4.69) is 5.32 Å². The molecule has 0 bridgehead atoms. The first-order valence-corrected chi connectivity index (χ1v) is 5.46. The molecule has 15 heavy (non-hydrogen) atoms. The molecule has 0 spiro atoms. The molecule has 0 amide bonds. The summed E-state index contributed by atoms with van der Waals surface area (Å²) in [6, 6.07) is 0.499. The summed E-state index contributed by atoms with van der Waals surface area (Å²) in [5, 5.41) is 3.36. The average Bonchev–Trinajstić information content (AvgIpc) is 2.18. The fourth-order valence-electron chi connectivity index (χ4n) is 1.69. The van der Waals surface area contributed by atoms with Gasteiger partial charge in [-0.25, -0.2) is 8.78 Å². The first-order valence-electron chi connectivity index (χ1n) is 5.46. The number of rotatable bonds is 6. The molecule has 5 heteroatoms. The molecule has 0 atom stereocenters. The minimum absolute atomic E-state index is 0.143. The highest BCUT2D eigenvalue weighted by Gasteiger charge is 2.13. The second-order valence-electron chi connectivity index (χ2n) is 3.99. The largest absolute Gasteiger partial charge is 0.381 e. The lowest BCUT2D eigenvalue weighted by Gasteiger charge is -2.24. The number of likely N-dealkylation sites (N-methyl/N-ethyl adjacent to an activating group) is 1. The summed E-state index contributed by atoms with van der Waals surface area (Å²) in [6.07, 6.45) is -0.185. The minimum atomic E-state index is -2.24. The summed E-state index contributed by atoms with van der Waals surface area (Å²) in [6.45, 7) is 2.92. The molecular weight excluding hydrogens is 202 g/mol. The quantitative estimate of drug-likeness (QED) is 0.724. The number of nitrogens with zero attached hydrogens (tertiary/aromatic N) is 1. The van der Waals surface area contributed by atoms with Gasteiger partial charge in [0.15, 0.2) is 0 Å². The first-order chi connectivity index (χ1) is 7.18. The van der Waals surface area contributed by atoms with Crippen molar-refractivity contribution in [2.45, 2.75) is 25.3 Å². The van der Waals surface area contributed by atoms with Crippen LogP contribution in [0.4, 0.5) is 8.78 Å². The van der Waals surface area contributed by atoms with Gasteiger partial charge in [-0.3, -0.25) is 4.90 Å². The van der Waals surface area contributed by atoms with Crippen LogP contribution in [0.15, 0.2) is 0 Å². The van der Waals surface area contributed by atoms with Crippen molar-refractivity contribution in [2.75, 3.05) is 39.9 Å². The normalized spacial score (nSPS) is 19.0. The van der Waals surface area contributed by atoms with E-state index >= 15 is 0 Å². The Kier molecular flexibility index (Phi) is 6.05. The Bertz CT molecular complexity index is 164. The summed E-state index contributed by atoms with van der Waals surface area (Å²) in [4.78, 5) is 1.65. The van der Waals surface area contributed by atoms with Crippen molar-refractivity contribution in [3.63, 3.8) is 0 Å². The lowest BCUT2D eigenvalue weighted by Crippen LogP contribution is -2.39. The first kappa shape index (κ1) is 12.8. The van der Waals surface area contributed by atoms with Gasteiger partial charge in [0.05, 0.1) is 6.54 Å². The van der Waals surface area contributed by atoms with Crippen LogP contribution >= 0.6 is 0 Å². The molecule has 90 valence electrons. The topological polar surface area (TPSA) is 24.5 Å². The highest BCUT2D eigenvalue weighted by atomic mass is 19.3. The van der Waals surface area contributed by atoms with E-state index in [1.807, 2.05) is 0 Å². The number of nitrogens with one attached hydrogen (secondary N) is 1. The van der Waals surface area contributed by atoms with E-state index in [0.29, 0.717) is 12.6 Å². The zero-order valence-corrected chi connectivity index (χ0v) is 9.22. The zero-order chi connectivity index (χ0) is 11.1. The minimum Gasteiger partial charge on any atom is -0.381 e. The SMILES string of the molecule is CN(CCNC1CCOCC1)CC(F)F. The Morgan fingerprint density at radius 1 is 1.40 bits per heavy atom. The predicted molar refractivity (Wildman–Crippen MR) is 55.3 cm³/mol. The predicted octanol–water partition coefficient (Wildman–Crippen LogP) is 0.952. The van der Waals surface area contributed by atoms with Crippen molar-refractivity contribution < 1.29 is 13.5 Å². The van der Waals surface area contributed by atoms with E-state index in [4.69, 9.17) is 4.74 Å². The number of hydrogen-bond donors (Lipinski definition) is 1. The third kappa shape index (κ3) is 6.02. The molecule has 1 aliphatic heterocycles. The summed E-state index contributed by atoms with van der Waals surface area (Å²) < 4.78 is 29.2. The molecule has 0 unspecified atom stereocenters. The maximum atomic E-state index is 12.0. The van der Waals surface area contributed by atoms with Crippen molar-refractivity contribution in [3.8, 4) is 0 Å². The summed E-state index contributed by atoms with van der Waals surface area (Å²) in [5.74, 6) is 0. The molecule has 0 saturated carbocycles. The highest BCUT2D eigenvalue weighted by molar-refractivity contribution is 4.70. The van der Waals surface area contributed by atoms with Crippen LogP contribution in [0.2, 0.25) is 0 Å². The molecule has 0 radical (unpaired) electrons. The van der Waals surface area contributed by atoms with Gasteiger partial charge in [0.1, 0.15) is 0 Å². The van der Waals surface area contributed by atoms with Crippen LogP contribution < -0.4 is 5.32 Å². The molecule has 1 saturated heterocycles. The van der Waals surface area contributed by atoms with Gasteiger partial charge < -0.3 is 10.1 Å². The molecule has 3 nitrogen and oxygen atoms in total. The Morgan fingerprint density at radius 3 is 2.67 bits per heavy atom. The fraction of sp³-hybridized carbons (Fsp3) is 1.00. The van der Waals surface area contributed by atoms with E-state index in [0.717, 1.165) is 32.6 Å². The van der Waals surface area contributed by atoms with Gasteiger partial charge in [0.25, 0.3) is 6.43 Å². The second-order valence-corrected chi connectivity index (χ2v) is 3.99. The van der Waals surface area contributed by atoms with Gasteiger partial charge in [0, 0.05) is 32.3 Å². The van der Waals surface area contributed by atoms with Crippen LogP contribution in [-0.4, -0.2) is 57.3 Å². The molecule has 1 heterocycles. The Balaban J connectivity index is 1.99. The van der Waals surface area contributed by atoms with Crippen LogP contribution in [0.1, 0.15) is 12.8 Å². The number of ether oxygens (including phenoxy) is 1. The van der Waals surface area contributed by atoms with Gasteiger partial charge in [-0.15, -0.1) is 0 Å². The van der Waals surface area contributed by atoms with Crippen molar-refractivity contribution in [1.82, 2.24) is 10.2 Å². The monoisotopic (exact) mass is 222 g/mol. The van der Waals surface area contributed by atoms with Gasteiger partial charge >= 0.3 is 0 Å². The third-order valence-electron chi connectivity index (χ3n) is 2.60. The van der Waals surface area contributed by atoms with Crippen molar-refractivity contribution in [1.29, 1.82) is 0 Å². The lowest BCUT2D eigenvalue weighted by atomic mass is 10.1. The maximum Gasteiger partial charge on any atom is 0.251 e. The van der Waals surface area contributed by atoms with Gasteiger partial charge in [-0.05, 0) is 19.9 Å². The van der Waals surface area contributed by atoms with E-state index in [1.165, 1.54) is 0 Å². The van der Waals surface area contributed by atoms with Crippen LogP contribution in [0.5, 0.6) is 0 Å². The van der Waals surface area contributed by atoms with Gasteiger partial charge in [0.2, 0.25) is 0 Å². The van der Waals surface area contributed by atoms with Crippen molar-refractivity contribution in [3.05, 3.63) is 0 Å². The Hall–Kier alpha value is -0.260. The molecule has 0 aromatic rings. The van der Waals surface area contributed by atoms with Crippen LogP contribution in [0.25, 0.3) is 0 Å². The smallest absolute Gasteiger partial charge is 0.251 e. The number of halogens is 2. The average molecular weight is 222 g/mol. The van der Waals surface area contributed by atoms with Crippen molar-refractivity contribution in [2.24, 2.45) is 0 Å². The van der Waals surface area contributed by atoms with Gasteiger partial charge in [-0.2, -0.15) is 0 Å². The highest BCUT2D eigenvalue weighted by Crippen LogP contribution is 2.05. The lowest BCUT2D eigenvalue weighted by molar-refractivity contribution is 0.0754. The Labute approximate surface area is 89.8 Å². The number of alkyl halides is 2. The maximum absolute atomic E-state index is 12.0. The van der Waals surface area contributed by atoms with Gasteiger partial charge in [-0.1, -0.05) is 0 Å². The molecule has 1 rings (SSSR count). The molecule has 1 N–H and O–H groups in total. The molecule has 0 aliphatic carbocycles. The van der Waals surface area contributed by atoms with E-state index in [-0.39, 0.29) is 6.54 Å². The van der Waals surface area contributed by atoms with Crippen molar-refractivity contribution >= 4 is 0 Å². The summed E-state index contributed by atoms with van der Waals surface area (Å²) in [7, 11) is 1.72.